The number of nitrogens with zero attached hydrogens (tertiary/aromatic N) is 4. The van der Waals surface area contributed by atoms with E-state index in [0.717, 1.165) is 13.1 Å². The van der Waals surface area contributed by atoms with E-state index in [-0.39, 0.29) is 11.0 Å². The van der Waals surface area contributed by atoms with Crippen LogP contribution in [0.1, 0.15) is 40.2 Å². The summed E-state index contributed by atoms with van der Waals surface area (Å²) < 4.78 is 20.1. The summed E-state index contributed by atoms with van der Waals surface area (Å²) in [5.41, 5.74) is 0.327. The van der Waals surface area contributed by atoms with Crippen molar-refractivity contribution >= 4 is 42.1 Å². The van der Waals surface area contributed by atoms with Gasteiger partial charge >= 0.3 is 6.09 Å². The highest BCUT2D eigenvalue weighted by Gasteiger charge is 2.31. The second kappa shape index (κ2) is 11.0. The van der Waals surface area contributed by atoms with E-state index in [1.165, 1.54) is 0 Å². The van der Waals surface area contributed by atoms with E-state index in [0.29, 0.717) is 41.8 Å². The Bertz CT molecular complexity index is 974. The summed E-state index contributed by atoms with van der Waals surface area (Å²) >= 11 is 0. The topological polar surface area (TPSA) is 82.6 Å². The van der Waals surface area contributed by atoms with Crippen LogP contribution in [0.2, 0.25) is 0 Å². The summed E-state index contributed by atoms with van der Waals surface area (Å²) in [6.45, 7) is 13.4. The van der Waals surface area contributed by atoms with Crippen LogP contribution in [-0.2, 0) is 4.74 Å². The molecule has 0 spiro atoms. The molecule has 3 rings (SSSR count). The highest BCUT2D eigenvalue weighted by molar-refractivity contribution is 6.34. The number of alkyl carbamates (subject to hydrolysis) is 1. The van der Waals surface area contributed by atoms with Crippen LogP contribution < -0.4 is 21.0 Å². The summed E-state index contributed by atoms with van der Waals surface area (Å²) in [7, 11) is 9.95. The van der Waals surface area contributed by atoms with Gasteiger partial charge in [0.2, 0.25) is 5.95 Å². The monoisotopic (exact) mass is 458 g/mol. The number of hydrogen-bond donors (Lipinski definition) is 2. The van der Waals surface area contributed by atoms with Crippen molar-refractivity contribution in [2.75, 3.05) is 50.5 Å². The maximum absolute atomic E-state index is 14.9. The van der Waals surface area contributed by atoms with Crippen LogP contribution in [0, 0.1) is 12.7 Å². The first-order valence-corrected chi connectivity index (χ1v) is 11.3. The number of halogens is 1. The zero-order chi connectivity index (χ0) is 24.9. The lowest BCUT2D eigenvalue weighted by Crippen LogP contribution is -2.58. The van der Waals surface area contributed by atoms with Gasteiger partial charge in [-0.1, -0.05) is 24.9 Å². The number of hydrogen-bond acceptors (Lipinski definition) is 7. The molecule has 8 nitrogen and oxygen atoms in total. The van der Waals surface area contributed by atoms with Crippen LogP contribution in [0.4, 0.5) is 21.0 Å². The fraction of sp³-hybridized carbons (Fsp3) is 0.609. The van der Waals surface area contributed by atoms with Crippen molar-refractivity contribution in [1.82, 2.24) is 20.2 Å². The Balaban J connectivity index is 0.00000187. The number of benzene rings is 1. The number of carbonyl (C=O) groups is 1. The van der Waals surface area contributed by atoms with E-state index >= 15 is 0 Å². The van der Waals surface area contributed by atoms with Gasteiger partial charge in [-0.25, -0.2) is 14.2 Å². The summed E-state index contributed by atoms with van der Waals surface area (Å²) in [6.07, 6.45) is -0.493. The minimum absolute atomic E-state index is 0.0875. The zero-order valence-corrected chi connectivity index (χ0v) is 21.0. The van der Waals surface area contributed by atoms with Crippen LogP contribution in [0.15, 0.2) is 6.07 Å². The Morgan fingerprint density at radius 2 is 1.91 bits per heavy atom. The van der Waals surface area contributed by atoms with Gasteiger partial charge in [0.05, 0.1) is 0 Å². The maximum Gasteiger partial charge on any atom is 0.407 e. The Morgan fingerprint density at radius 1 is 1.27 bits per heavy atom. The summed E-state index contributed by atoms with van der Waals surface area (Å²) in [5.74, 6) is 0.412. The first kappa shape index (κ1) is 26.6. The number of ether oxygens (including phenoxy) is 1. The van der Waals surface area contributed by atoms with Crippen molar-refractivity contribution in [3.63, 3.8) is 0 Å². The van der Waals surface area contributed by atoms with Crippen LogP contribution >= 0.6 is 0 Å². The number of aryl methyl sites for hydroxylation is 1. The number of anilines is 2. The molecule has 1 aromatic carbocycles. The minimum Gasteiger partial charge on any atom is -0.444 e. The lowest BCUT2D eigenvalue weighted by Gasteiger charge is -2.42. The number of nitrogens with one attached hydrogen (secondary N) is 2. The Morgan fingerprint density at radius 3 is 2.48 bits per heavy atom. The van der Waals surface area contributed by atoms with Gasteiger partial charge in [0, 0.05) is 37.6 Å². The lowest BCUT2D eigenvalue weighted by atomic mass is 9.89. The standard InChI is InChI=1S/C21H30BFN6O2.C2H6/c1-12-9-14-17(16(23)15(12)22)26-19(29-10-13(11-29)28(5)6)27-18(14)24-7-8-25-20(30)31-21(2,3)4;1-2/h9,13H,7-8,10-11H2,1-6H3,(H,25,30)(H,24,26,27);1-2H3. The molecule has 0 unspecified atom stereocenters. The molecule has 0 atom stereocenters. The third-order valence-electron chi connectivity index (χ3n) is 5.12. The molecule has 1 saturated heterocycles. The Kier molecular flexibility index (Phi) is 8.88. The molecule has 2 heterocycles. The van der Waals surface area contributed by atoms with Gasteiger partial charge in [0.25, 0.3) is 0 Å². The molecule has 1 aliphatic rings. The highest BCUT2D eigenvalue weighted by Crippen LogP contribution is 2.28. The first-order chi connectivity index (χ1) is 15.5. The van der Waals surface area contributed by atoms with E-state index in [1.807, 2.05) is 32.8 Å². The summed E-state index contributed by atoms with van der Waals surface area (Å²) in [4.78, 5) is 25.1. The van der Waals surface area contributed by atoms with Gasteiger partial charge in [0.1, 0.15) is 30.6 Å². The summed E-state index contributed by atoms with van der Waals surface area (Å²) in [6, 6.07) is 2.18. The number of fused-ring (bicyclic) bond motifs is 1. The van der Waals surface area contributed by atoms with Gasteiger partial charge in [-0.05, 0) is 47.9 Å². The van der Waals surface area contributed by atoms with Crippen molar-refractivity contribution < 1.29 is 13.9 Å². The quantitative estimate of drug-likeness (QED) is 0.509. The normalized spacial score (nSPS) is 13.9. The van der Waals surface area contributed by atoms with Crippen LogP contribution in [0.5, 0.6) is 0 Å². The van der Waals surface area contributed by atoms with Gasteiger partial charge in [-0.15, -0.1) is 0 Å². The highest BCUT2D eigenvalue weighted by atomic mass is 19.1. The molecule has 0 aliphatic carbocycles. The largest absolute Gasteiger partial charge is 0.444 e. The molecule has 1 amide bonds. The van der Waals surface area contributed by atoms with Crippen molar-refractivity contribution in [3.8, 4) is 0 Å². The number of carbonyl (C=O) groups excluding carboxylic acids is 1. The number of likely N-dealkylation sites (N-methyl/N-ethyl adjacent to an activating group) is 1. The molecule has 2 N–H and O–H groups in total. The molecule has 1 fully saturated rings. The molecule has 2 aromatic rings. The molecule has 2 radical (unpaired) electrons. The fourth-order valence-electron chi connectivity index (χ4n) is 3.24. The van der Waals surface area contributed by atoms with Crippen molar-refractivity contribution in [2.24, 2.45) is 0 Å². The van der Waals surface area contributed by atoms with E-state index in [9.17, 15) is 9.18 Å². The van der Waals surface area contributed by atoms with Crippen LogP contribution in [-0.4, -0.2) is 80.7 Å². The van der Waals surface area contributed by atoms with Gasteiger partial charge in [-0.2, -0.15) is 4.98 Å². The molecule has 1 aromatic heterocycles. The predicted octanol–water partition coefficient (Wildman–Crippen LogP) is 2.58. The predicted molar refractivity (Wildman–Crippen MR) is 133 cm³/mol. The molecule has 0 saturated carbocycles. The maximum atomic E-state index is 14.9. The smallest absolute Gasteiger partial charge is 0.407 e. The van der Waals surface area contributed by atoms with E-state index in [2.05, 4.69) is 25.5 Å². The van der Waals surface area contributed by atoms with Crippen molar-refractivity contribution in [3.05, 3.63) is 17.4 Å². The molecule has 33 heavy (non-hydrogen) atoms. The first-order valence-electron chi connectivity index (χ1n) is 11.3. The molecule has 1 aliphatic heterocycles. The summed E-state index contributed by atoms with van der Waals surface area (Å²) in [5, 5.41) is 6.43. The van der Waals surface area contributed by atoms with Crippen molar-refractivity contribution in [1.29, 1.82) is 0 Å². The average Bonchev–Trinajstić information content (AvgIpc) is 2.69. The molecular weight excluding hydrogens is 422 g/mol. The number of amides is 1. The zero-order valence-electron chi connectivity index (χ0n) is 21.0. The second-order valence-corrected chi connectivity index (χ2v) is 9.07. The molecule has 0 bridgehead atoms. The minimum atomic E-state index is -0.564. The number of aromatic nitrogens is 2. The van der Waals surface area contributed by atoms with Crippen LogP contribution in [0.25, 0.3) is 10.9 Å². The Hall–Kier alpha value is -2.62. The van der Waals surface area contributed by atoms with Gasteiger partial charge < -0.3 is 25.2 Å². The molecular formula is C23H36BFN6O2. The third kappa shape index (κ3) is 6.69. The average molecular weight is 458 g/mol. The van der Waals surface area contributed by atoms with Crippen LogP contribution in [0.3, 0.4) is 0 Å². The lowest BCUT2D eigenvalue weighted by molar-refractivity contribution is 0.0530. The Labute approximate surface area is 197 Å². The van der Waals surface area contributed by atoms with E-state index < -0.39 is 17.5 Å². The van der Waals surface area contributed by atoms with E-state index in [1.54, 1.807) is 33.8 Å². The third-order valence-corrected chi connectivity index (χ3v) is 5.12. The SMILES string of the molecule is CC.[B]c1c(C)cc2c(NCCNC(=O)OC(C)(C)C)nc(N3CC(N(C)C)C3)nc2c1F. The van der Waals surface area contributed by atoms with E-state index in [4.69, 9.17) is 12.6 Å². The van der Waals surface area contributed by atoms with Crippen molar-refractivity contribution in [2.45, 2.75) is 53.2 Å². The molecule has 180 valence electrons. The molecule has 10 heteroatoms. The van der Waals surface area contributed by atoms with Gasteiger partial charge in [0.15, 0.2) is 0 Å². The number of rotatable bonds is 6. The fourth-order valence-corrected chi connectivity index (χ4v) is 3.24. The van der Waals surface area contributed by atoms with Gasteiger partial charge in [-0.3, -0.25) is 0 Å². The second-order valence-electron chi connectivity index (χ2n) is 9.07.